The van der Waals surface area contributed by atoms with Crippen LogP contribution in [0.25, 0.3) is 11.1 Å². The Hall–Kier alpha value is -1.84. The number of benzene rings is 2. The molecule has 0 aliphatic carbocycles. The van der Waals surface area contributed by atoms with Gasteiger partial charge in [-0.05, 0) is 23.3 Å². The maximum atomic E-state index is 7.11. The maximum Gasteiger partial charge on any atom is 0.113 e. The van der Waals surface area contributed by atoms with Gasteiger partial charge in [0, 0.05) is 11.8 Å². The Labute approximate surface area is 127 Å². The summed E-state index contributed by atoms with van der Waals surface area (Å²) < 4.78 is 0. The van der Waals surface area contributed by atoms with E-state index in [0.717, 1.165) is 11.1 Å². The molecular weight excluding hydrogens is 293 g/mol. The SMILES string of the molecule is N=C(N)CN=Cc1c(Cl)cc(-c2ccccc2)cc1Cl. The minimum Gasteiger partial charge on any atom is -0.386 e. The van der Waals surface area contributed by atoms with Crippen LogP contribution in [-0.2, 0) is 0 Å². The van der Waals surface area contributed by atoms with Gasteiger partial charge in [0.05, 0.1) is 16.6 Å². The predicted molar refractivity (Wildman–Crippen MR) is 86.3 cm³/mol. The van der Waals surface area contributed by atoms with Gasteiger partial charge in [-0.15, -0.1) is 0 Å². The van der Waals surface area contributed by atoms with E-state index in [4.69, 9.17) is 34.3 Å². The maximum absolute atomic E-state index is 7.11. The molecule has 0 saturated carbocycles. The van der Waals surface area contributed by atoms with Gasteiger partial charge in [-0.1, -0.05) is 53.5 Å². The van der Waals surface area contributed by atoms with Gasteiger partial charge in [0.25, 0.3) is 0 Å². The third kappa shape index (κ3) is 3.59. The van der Waals surface area contributed by atoms with E-state index in [1.54, 1.807) is 6.21 Å². The van der Waals surface area contributed by atoms with E-state index in [-0.39, 0.29) is 12.4 Å². The fraction of sp³-hybridized carbons (Fsp3) is 0.0667. The van der Waals surface area contributed by atoms with Crippen LogP contribution >= 0.6 is 23.2 Å². The number of hydrogen-bond donors (Lipinski definition) is 2. The minimum absolute atomic E-state index is 0.00518. The number of nitrogens with two attached hydrogens (primary N) is 1. The summed E-state index contributed by atoms with van der Waals surface area (Å²) in [5.41, 5.74) is 7.86. The summed E-state index contributed by atoms with van der Waals surface area (Å²) in [6, 6.07) is 13.5. The first-order valence-corrected chi connectivity index (χ1v) is 6.70. The smallest absolute Gasteiger partial charge is 0.113 e. The molecule has 3 N–H and O–H groups in total. The molecule has 0 bridgehead atoms. The standard InChI is InChI=1S/C15H13Cl2N3/c16-13-6-11(10-4-2-1-3-5-10)7-14(17)12(13)8-20-9-15(18)19/h1-8H,9H2,(H3,18,19). The number of halogens is 2. The van der Waals surface area contributed by atoms with Crippen molar-refractivity contribution >= 4 is 35.3 Å². The predicted octanol–water partition coefficient (Wildman–Crippen LogP) is 4.02. The van der Waals surface area contributed by atoms with Crippen molar-refractivity contribution in [3.8, 4) is 11.1 Å². The average molecular weight is 306 g/mol. The third-order valence-electron chi connectivity index (χ3n) is 2.67. The molecule has 0 heterocycles. The van der Waals surface area contributed by atoms with E-state index < -0.39 is 0 Å². The molecule has 0 unspecified atom stereocenters. The minimum atomic E-state index is -0.00518. The second kappa shape index (κ2) is 6.55. The van der Waals surface area contributed by atoms with Gasteiger partial charge in [-0.2, -0.15) is 0 Å². The molecule has 0 atom stereocenters. The normalized spacial score (nSPS) is 10.9. The summed E-state index contributed by atoms with van der Waals surface area (Å²) in [7, 11) is 0. The first kappa shape index (κ1) is 14.6. The second-order valence-electron chi connectivity index (χ2n) is 4.21. The van der Waals surface area contributed by atoms with Crippen LogP contribution in [0.1, 0.15) is 5.56 Å². The molecule has 0 spiro atoms. The van der Waals surface area contributed by atoms with Crippen LogP contribution in [0.3, 0.4) is 0 Å². The summed E-state index contributed by atoms with van der Waals surface area (Å²) in [4.78, 5) is 4.02. The molecule has 0 fully saturated rings. The van der Waals surface area contributed by atoms with Crippen LogP contribution in [0.2, 0.25) is 10.0 Å². The number of nitrogens with one attached hydrogen (secondary N) is 1. The molecule has 0 amide bonds. The topological polar surface area (TPSA) is 62.2 Å². The zero-order chi connectivity index (χ0) is 14.5. The summed E-state index contributed by atoms with van der Waals surface area (Å²) in [5, 5.41) is 8.15. The molecule has 0 saturated heterocycles. The van der Waals surface area contributed by atoms with E-state index in [1.165, 1.54) is 0 Å². The molecule has 102 valence electrons. The fourth-order valence-electron chi connectivity index (χ4n) is 1.74. The molecule has 2 aromatic rings. The molecule has 0 aliphatic heterocycles. The number of amidine groups is 1. The monoisotopic (exact) mass is 305 g/mol. The molecule has 2 aromatic carbocycles. The van der Waals surface area contributed by atoms with Crippen molar-refractivity contribution in [1.29, 1.82) is 5.41 Å². The van der Waals surface area contributed by atoms with E-state index in [0.29, 0.717) is 15.6 Å². The lowest BCUT2D eigenvalue weighted by molar-refractivity contribution is 1.24. The number of aliphatic imine (C=N–C) groups is 1. The van der Waals surface area contributed by atoms with Gasteiger partial charge in [-0.25, -0.2) is 0 Å². The number of rotatable bonds is 4. The van der Waals surface area contributed by atoms with Crippen LogP contribution in [0.4, 0.5) is 0 Å². The summed E-state index contributed by atoms with van der Waals surface area (Å²) in [6.07, 6.45) is 1.54. The van der Waals surface area contributed by atoms with Crippen LogP contribution in [-0.4, -0.2) is 18.6 Å². The van der Waals surface area contributed by atoms with Crippen LogP contribution in [0, 0.1) is 5.41 Å². The van der Waals surface area contributed by atoms with Crippen molar-refractivity contribution in [2.45, 2.75) is 0 Å². The van der Waals surface area contributed by atoms with Crippen LogP contribution < -0.4 is 5.73 Å². The molecular formula is C15H13Cl2N3. The Kier molecular flexibility index (Phi) is 4.77. The third-order valence-corrected chi connectivity index (χ3v) is 3.29. The quantitative estimate of drug-likeness (QED) is 0.650. The van der Waals surface area contributed by atoms with Crippen molar-refractivity contribution < 1.29 is 0 Å². The molecule has 3 nitrogen and oxygen atoms in total. The summed E-state index contributed by atoms with van der Waals surface area (Å²) >= 11 is 12.5. The first-order valence-electron chi connectivity index (χ1n) is 5.95. The summed E-state index contributed by atoms with van der Waals surface area (Å²) in [5.74, 6) is -0.00518. The van der Waals surface area contributed by atoms with Gasteiger partial charge >= 0.3 is 0 Å². The molecule has 20 heavy (non-hydrogen) atoms. The zero-order valence-electron chi connectivity index (χ0n) is 10.6. The van der Waals surface area contributed by atoms with Crippen molar-refractivity contribution in [3.63, 3.8) is 0 Å². The van der Waals surface area contributed by atoms with Crippen LogP contribution in [0.15, 0.2) is 47.5 Å². The Morgan fingerprint density at radius 2 is 1.70 bits per heavy atom. The average Bonchev–Trinajstić information content (AvgIpc) is 2.42. The second-order valence-corrected chi connectivity index (χ2v) is 5.03. The summed E-state index contributed by atoms with van der Waals surface area (Å²) in [6.45, 7) is 0.132. The Morgan fingerprint density at radius 1 is 1.10 bits per heavy atom. The van der Waals surface area contributed by atoms with Crippen molar-refractivity contribution in [1.82, 2.24) is 0 Å². The highest BCUT2D eigenvalue weighted by Gasteiger charge is 2.07. The Morgan fingerprint density at radius 3 is 2.25 bits per heavy atom. The molecule has 5 heteroatoms. The van der Waals surface area contributed by atoms with Gasteiger partial charge < -0.3 is 5.73 Å². The Balaban J connectivity index is 2.34. The largest absolute Gasteiger partial charge is 0.386 e. The molecule has 2 rings (SSSR count). The highest BCUT2D eigenvalue weighted by atomic mass is 35.5. The number of nitrogens with zero attached hydrogens (tertiary/aromatic N) is 1. The van der Waals surface area contributed by atoms with Gasteiger partial charge in [0.15, 0.2) is 0 Å². The highest BCUT2D eigenvalue weighted by molar-refractivity contribution is 6.39. The van der Waals surface area contributed by atoms with Crippen molar-refractivity contribution in [2.75, 3.05) is 6.54 Å². The van der Waals surface area contributed by atoms with Gasteiger partial charge in [0.2, 0.25) is 0 Å². The van der Waals surface area contributed by atoms with Gasteiger partial charge in [0.1, 0.15) is 5.84 Å². The first-order chi connectivity index (χ1) is 9.58. The van der Waals surface area contributed by atoms with E-state index in [2.05, 4.69) is 4.99 Å². The van der Waals surface area contributed by atoms with Crippen molar-refractivity contribution in [2.24, 2.45) is 10.7 Å². The fourth-order valence-corrected chi connectivity index (χ4v) is 2.32. The number of hydrogen-bond acceptors (Lipinski definition) is 2. The molecule has 0 radical (unpaired) electrons. The van der Waals surface area contributed by atoms with Crippen molar-refractivity contribution in [3.05, 3.63) is 58.1 Å². The highest BCUT2D eigenvalue weighted by Crippen LogP contribution is 2.30. The lowest BCUT2D eigenvalue weighted by Crippen LogP contribution is -2.13. The van der Waals surface area contributed by atoms with Gasteiger partial charge in [-0.3, -0.25) is 10.4 Å². The lowest BCUT2D eigenvalue weighted by Gasteiger charge is -2.07. The zero-order valence-corrected chi connectivity index (χ0v) is 12.1. The van der Waals surface area contributed by atoms with E-state index >= 15 is 0 Å². The lowest BCUT2D eigenvalue weighted by atomic mass is 10.0. The van der Waals surface area contributed by atoms with Crippen LogP contribution in [0.5, 0.6) is 0 Å². The molecule has 0 aromatic heterocycles. The Bertz CT molecular complexity index is 628. The molecule has 0 aliphatic rings. The van der Waals surface area contributed by atoms with E-state index in [1.807, 2.05) is 42.5 Å². The van der Waals surface area contributed by atoms with E-state index in [9.17, 15) is 0 Å².